The van der Waals surface area contributed by atoms with Crippen LogP contribution in [0.2, 0.25) is 5.02 Å². The first-order valence-electron chi connectivity index (χ1n) is 4.75. The van der Waals surface area contributed by atoms with E-state index >= 15 is 0 Å². The summed E-state index contributed by atoms with van der Waals surface area (Å²) < 4.78 is 1.67. The zero-order valence-electron chi connectivity index (χ0n) is 8.92. The second-order valence-electron chi connectivity index (χ2n) is 3.40. The second-order valence-corrected chi connectivity index (χ2v) is 4.95. The number of carboxylic acids is 1. The van der Waals surface area contributed by atoms with Crippen LogP contribution in [0.15, 0.2) is 40.4 Å². The predicted molar refractivity (Wildman–Crippen MR) is 65.7 cm³/mol. The van der Waals surface area contributed by atoms with E-state index in [1.165, 1.54) is 17.8 Å². The lowest BCUT2D eigenvalue weighted by atomic mass is 10.2. The highest BCUT2D eigenvalue weighted by Crippen LogP contribution is 2.31. The maximum absolute atomic E-state index is 11.1. The first-order chi connectivity index (χ1) is 8.06. The second kappa shape index (κ2) is 4.81. The molecule has 0 aliphatic heterocycles. The summed E-state index contributed by atoms with van der Waals surface area (Å²) in [5, 5.41) is 13.5. The SMILES string of the molecule is Cn1cc(Sc2ccc(Cl)cc2C(=O)O)cn1. The van der Waals surface area contributed by atoms with Crippen LogP contribution < -0.4 is 0 Å². The third-order valence-corrected chi connectivity index (χ3v) is 3.34. The number of halogens is 1. The summed E-state index contributed by atoms with van der Waals surface area (Å²) >= 11 is 7.13. The summed E-state index contributed by atoms with van der Waals surface area (Å²) in [7, 11) is 1.81. The van der Waals surface area contributed by atoms with Crippen molar-refractivity contribution >= 4 is 29.3 Å². The Morgan fingerprint density at radius 1 is 1.53 bits per heavy atom. The van der Waals surface area contributed by atoms with Crippen LogP contribution in [0.5, 0.6) is 0 Å². The van der Waals surface area contributed by atoms with E-state index in [9.17, 15) is 4.79 Å². The fourth-order valence-electron chi connectivity index (χ4n) is 1.34. The molecule has 0 aliphatic carbocycles. The molecule has 4 nitrogen and oxygen atoms in total. The summed E-state index contributed by atoms with van der Waals surface area (Å²) in [5.41, 5.74) is 0.200. The highest BCUT2D eigenvalue weighted by molar-refractivity contribution is 7.99. The molecule has 1 aromatic heterocycles. The fraction of sp³-hybridized carbons (Fsp3) is 0.0909. The van der Waals surface area contributed by atoms with Crippen molar-refractivity contribution in [3.63, 3.8) is 0 Å². The summed E-state index contributed by atoms with van der Waals surface area (Å²) in [5.74, 6) is -0.987. The van der Waals surface area contributed by atoms with Gasteiger partial charge >= 0.3 is 5.97 Å². The van der Waals surface area contributed by atoms with Crippen molar-refractivity contribution in [2.45, 2.75) is 9.79 Å². The van der Waals surface area contributed by atoms with Crippen LogP contribution in [0, 0.1) is 0 Å². The van der Waals surface area contributed by atoms with Gasteiger partial charge in [-0.05, 0) is 18.2 Å². The minimum absolute atomic E-state index is 0.200. The van der Waals surface area contributed by atoms with Gasteiger partial charge in [0.25, 0.3) is 0 Å². The van der Waals surface area contributed by atoms with Crippen molar-refractivity contribution in [2.24, 2.45) is 7.05 Å². The van der Waals surface area contributed by atoms with Crippen molar-refractivity contribution in [1.82, 2.24) is 9.78 Å². The van der Waals surface area contributed by atoms with Crippen molar-refractivity contribution in [3.8, 4) is 0 Å². The van der Waals surface area contributed by atoms with Gasteiger partial charge in [0.2, 0.25) is 0 Å². The van der Waals surface area contributed by atoms with Gasteiger partial charge in [-0.1, -0.05) is 23.4 Å². The molecule has 0 aliphatic rings. The van der Waals surface area contributed by atoms with E-state index in [1.54, 1.807) is 23.0 Å². The molecular weight excluding hydrogens is 260 g/mol. The molecule has 2 rings (SSSR count). The number of hydrogen-bond acceptors (Lipinski definition) is 3. The van der Waals surface area contributed by atoms with E-state index in [-0.39, 0.29) is 5.56 Å². The van der Waals surface area contributed by atoms with Crippen LogP contribution in [0.3, 0.4) is 0 Å². The maximum atomic E-state index is 11.1. The Balaban J connectivity index is 2.35. The quantitative estimate of drug-likeness (QED) is 0.930. The van der Waals surface area contributed by atoms with Gasteiger partial charge < -0.3 is 5.11 Å². The summed E-state index contributed by atoms with van der Waals surface area (Å²) in [6.07, 6.45) is 3.51. The molecule has 6 heteroatoms. The molecule has 1 heterocycles. The Kier molecular flexibility index (Phi) is 3.40. The number of carboxylic acid groups (broad SMARTS) is 1. The highest BCUT2D eigenvalue weighted by atomic mass is 35.5. The van der Waals surface area contributed by atoms with Crippen LogP contribution >= 0.6 is 23.4 Å². The van der Waals surface area contributed by atoms with E-state index in [0.29, 0.717) is 9.92 Å². The summed E-state index contributed by atoms with van der Waals surface area (Å²) in [6, 6.07) is 4.82. The molecule has 2 aromatic rings. The smallest absolute Gasteiger partial charge is 0.336 e. The molecule has 0 unspecified atom stereocenters. The van der Waals surface area contributed by atoms with Crippen LogP contribution in [0.25, 0.3) is 0 Å². The van der Waals surface area contributed by atoms with Crippen LogP contribution in [0.4, 0.5) is 0 Å². The van der Waals surface area contributed by atoms with Gasteiger partial charge in [-0.25, -0.2) is 4.79 Å². The molecule has 0 bridgehead atoms. The number of benzene rings is 1. The molecule has 17 heavy (non-hydrogen) atoms. The zero-order chi connectivity index (χ0) is 12.4. The summed E-state index contributed by atoms with van der Waals surface area (Å²) in [4.78, 5) is 12.6. The molecule has 1 aromatic carbocycles. The Morgan fingerprint density at radius 3 is 2.88 bits per heavy atom. The Bertz CT molecular complexity index is 568. The van der Waals surface area contributed by atoms with Gasteiger partial charge in [0.15, 0.2) is 0 Å². The predicted octanol–water partition coefficient (Wildman–Crippen LogP) is 2.92. The minimum atomic E-state index is -0.987. The number of aromatic nitrogens is 2. The van der Waals surface area contributed by atoms with Gasteiger partial charge in [0.1, 0.15) is 0 Å². The largest absolute Gasteiger partial charge is 0.478 e. The molecular formula is C11H9ClN2O2S. The summed E-state index contributed by atoms with van der Waals surface area (Å²) in [6.45, 7) is 0. The molecule has 1 N–H and O–H groups in total. The van der Waals surface area contributed by atoms with Crippen molar-refractivity contribution in [3.05, 3.63) is 41.2 Å². The third kappa shape index (κ3) is 2.81. The van der Waals surface area contributed by atoms with Gasteiger partial charge in [-0.15, -0.1) is 0 Å². The van der Waals surface area contributed by atoms with Crippen LogP contribution in [-0.4, -0.2) is 20.9 Å². The van der Waals surface area contributed by atoms with Gasteiger partial charge in [-0.3, -0.25) is 4.68 Å². The molecule has 0 saturated carbocycles. The molecule has 0 atom stereocenters. The number of hydrogen-bond donors (Lipinski definition) is 1. The average molecular weight is 269 g/mol. The topological polar surface area (TPSA) is 55.1 Å². The molecule has 88 valence electrons. The number of carbonyl (C=O) groups is 1. The third-order valence-electron chi connectivity index (χ3n) is 2.08. The van der Waals surface area contributed by atoms with Gasteiger partial charge in [0.05, 0.1) is 16.7 Å². The average Bonchev–Trinajstić information content (AvgIpc) is 2.66. The van der Waals surface area contributed by atoms with E-state index in [4.69, 9.17) is 16.7 Å². The lowest BCUT2D eigenvalue weighted by Crippen LogP contribution is -1.98. The first-order valence-corrected chi connectivity index (χ1v) is 5.95. The van der Waals surface area contributed by atoms with E-state index in [1.807, 2.05) is 13.2 Å². The monoisotopic (exact) mass is 268 g/mol. The molecule has 0 fully saturated rings. The van der Waals surface area contributed by atoms with Crippen LogP contribution in [-0.2, 0) is 7.05 Å². The van der Waals surface area contributed by atoms with Gasteiger partial charge in [-0.2, -0.15) is 5.10 Å². The van der Waals surface area contributed by atoms with Crippen molar-refractivity contribution in [2.75, 3.05) is 0 Å². The van der Waals surface area contributed by atoms with E-state index < -0.39 is 5.97 Å². The molecule has 0 spiro atoms. The minimum Gasteiger partial charge on any atom is -0.478 e. The van der Waals surface area contributed by atoms with Crippen molar-refractivity contribution in [1.29, 1.82) is 0 Å². The van der Waals surface area contributed by atoms with E-state index in [2.05, 4.69) is 5.10 Å². The number of aryl methyl sites for hydroxylation is 1. The Morgan fingerprint density at radius 2 is 2.29 bits per heavy atom. The lowest BCUT2D eigenvalue weighted by Gasteiger charge is -2.04. The number of rotatable bonds is 3. The van der Waals surface area contributed by atoms with Crippen molar-refractivity contribution < 1.29 is 9.90 Å². The normalized spacial score (nSPS) is 10.5. The standard InChI is InChI=1S/C11H9ClN2O2S/c1-14-6-8(5-13-14)17-10-3-2-7(12)4-9(10)11(15)16/h2-6H,1H3,(H,15,16). The highest BCUT2D eigenvalue weighted by Gasteiger charge is 2.12. The maximum Gasteiger partial charge on any atom is 0.336 e. The van der Waals surface area contributed by atoms with Gasteiger partial charge in [0, 0.05) is 23.2 Å². The zero-order valence-corrected chi connectivity index (χ0v) is 10.5. The fourth-order valence-corrected chi connectivity index (χ4v) is 2.46. The molecule has 0 radical (unpaired) electrons. The lowest BCUT2D eigenvalue weighted by molar-refractivity contribution is 0.0693. The molecule has 0 amide bonds. The Labute approximate surface area is 107 Å². The molecule has 0 saturated heterocycles. The first kappa shape index (κ1) is 12.0. The Hall–Kier alpha value is -1.46. The van der Waals surface area contributed by atoms with Crippen LogP contribution in [0.1, 0.15) is 10.4 Å². The number of aromatic carboxylic acids is 1. The van der Waals surface area contributed by atoms with E-state index in [0.717, 1.165) is 4.90 Å². The number of nitrogens with zero attached hydrogens (tertiary/aromatic N) is 2.